The van der Waals surface area contributed by atoms with Gasteiger partial charge in [-0.15, -0.1) is 0 Å². The molecule has 0 bridgehead atoms. The van der Waals surface area contributed by atoms with Gasteiger partial charge >= 0.3 is 0 Å². The lowest BCUT2D eigenvalue weighted by atomic mass is 9.79. The Morgan fingerprint density at radius 3 is 2.74 bits per heavy atom. The van der Waals surface area contributed by atoms with E-state index in [2.05, 4.69) is 24.1 Å². The first-order valence-electron chi connectivity index (χ1n) is 7.86. The fourth-order valence-electron chi connectivity index (χ4n) is 3.23. The Morgan fingerprint density at radius 1 is 1.26 bits per heavy atom. The standard InChI is InChI=1S/C15H30N2O2/c1-3-6-16-12-15(4-8-18-9-5-15)13-17-7-10-19-14(2)11-17/h14,16H,3-13H2,1-2H3. The zero-order valence-corrected chi connectivity index (χ0v) is 12.6. The van der Waals surface area contributed by atoms with Gasteiger partial charge in [0.05, 0.1) is 12.7 Å². The highest BCUT2D eigenvalue weighted by atomic mass is 16.5. The number of rotatable bonds is 6. The summed E-state index contributed by atoms with van der Waals surface area (Å²) in [5.74, 6) is 0. The molecule has 0 aromatic rings. The maximum atomic E-state index is 5.65. The van der Waals surface area contributed by atoms with E-state index in [1.807, 2.05) is 0 Å². The molecule has 2 rings (SSSR count). The predicted octanol–water partition coefficient (Wildman–Crippen LogP) is 1.50. The minimum Gasteiger partial charge on any atom is -0.381 e. The van der Waals surface area contributed by atoms with Gasteiger partial charge in [-0.3, -0.25) is 4.90 Å². The Morgan fingerprint density at radius 2 is 2.05 bits per heavy atom. The van der Waals surface area contributed by atoms with E-state index < -0.39 is 0 Å². The van der Waals surface area contributed by atoms with Crippen molar-refractivity contribution in [3.8, 4) is 0 Å². The topological polar surface area (TPSA) is 33.7 Å². The van der Waals surface area contributed by atoms with Crippen LogP contribution in [0.15, 0.2) is 0 Å². The predicted molar refractivity (Wildman–Crippen MR) is 77.5 cm³/mol. The second kappa shape index (κ2) is 7.58. The van der Waals surface area contributed by atoms with Gasteiger partial charge < -0.3 is 14.8 Å². The molecule has 2 aliphatic heterocycles. The van der Waals surface area contributed by atoms with Crippen LogP contribution in [0.5, 0.6) is 0 Å². The molecule has 2 heterocycles. The smallest absolute Gasteiger partial charge is 0.0674 e. The quantitative estimate of drug-likeness (QED) is 0.742. The summed E-state index contributed by atoms with van der Waals surface area (Å²) >= 11 is 0. The first-order chi connectivity index (χ1) is 9.24. The number of ether oxygens (including phenoxy) is 2. The Bertz CT molecular complexity index is 255. The van der Waals surface area contributed by atoms with Crippen molar-refractivity contribution in [1.29, 1.82) is 0 Å². The van der Waals surface area contributed by atoms with Crippen molar-refractivity contribution in [3.63, 3.8) is 0 Å². The van der Waals surface area contributed by atoms with Crippen LogP contribution in [0.2, 0.25) is 0 Å². The molecule has 2 aliphatic rings. The summed E-state index contributed by atoms with van der Waals surface area (Å²) in [5.41, 5.74) is 0.407. The van der Waals surface area contributed by atoms with Crippen LogP contribution in [0, 0.1) is 5.41 Å². The molecule has 2 fully saturated rings. The zero-order valence-electron chi connectivity index (χ0n) is 12.6. The lowest BCUT2D eigenvalue weighted by Gasteiger charge is -2.43. The van der Waals surface area contributed by atoms with Crippen molar-refractivity contribution in [3.05, 3.63) is 0 Å². The van der Waals surface area contributed by atoms with Crippen LogP contribution in [0.1, 0.15) is 33.1 Å². The Labute approximate surface area is 117 Å². The van der Waals surface area contributed by atoms with Gasteiger partial charge in [-0.25, -0.2) is 0 Å². The second-order valence-electron chi connectivity index (χ2n) is 6.21. The van der Waals surface area contributed by atoms with Gasteiger partial charge in [0.25, 0.3) is 0 Å². The SMILES string of the molecule is CCCNCC1(CN2CCOC(C)C2)CCOCC1. The van der Waals surface area contributed by atoms with Crippen molar-refractivity contribution in [2.75, 3.05) is 52.5 Å². The molecule has 0 aromatic carbocycles. The van der Waals surface area contributed by atoms with E-state index in [1.165, 1.54) is 25.8 Å². The molecule has 0 radical (unpaired) electrons. The lowest BCUT2D eigenvalue weighted by Crippen LogP contribution is -2.51. The summed E-state index contributed by atoms with van der Waals surface area (Å²) in [6.07, 6.45) is 3.97. The molecule has 0 spiro atoms. The highest BCUT2D eigenvalue weighted by Gasteiger charge is 2.35. The molecule has 1 atom stereocenters. The molecule has 4 heteroatoms. The van der Waals surface area contributed by atoms with Crippen molar-refractivity contribution < 1.29 is 9.47 Å². The monoisotopic (exact) mass is 270 g/mol. The van der Waals surface area contributed by atoms with Crippen molar-refractivity contribution >= 4 is 0 Å². The average Bonchev–Trinajstić information content (AvgIpc) is 2.40. The molecule has 1 N–H and O–H groups in total. The highest BCUT2D eigenvalue weighted by Crippen LogP contribution is 2.31. The third-order valence-electron chi connectivity index (χ3n) is 4.36. The van der Waals surface area contributed by atoms with E-state index in [0.29, 0.717) is 11.5 Å². The van der Waals surface area contributed by atoms with Gasteiger partial charge in [-0.1, -0.05) is 6.92 Å². The number of hydrogen-bond acceptors (Lipinski definition) is 4. The summed E-state index contributed by atoms with van der Waals surface area (Å²) in [5, 5.41) is 3.63. The summed E-state index contributed by atoms with van der Waals surface area (Å²) in [6.45, 7) is 12.8. The van der Waals surface area contributed by atoms with Gasteiger partial charge in [0.15, 0.2) is 0 Å². The summed E-state index contributed by atoms with van der Waals surface area (Å²) in [7, 11) is 0. The lowest BCUT2D eigenvalue weighted by molar-refractivity contribution is -0.0532. The van der Waals surface area contributed by atoms with Crippen LogP contribution in [0.3, 0.4) is 0 Å². The maximum absolute atomic E-state index is 5.65. The molecule has 0 aliphatic carbocycles. The van der Waals surface area contributed by atoms with Gasteiger partial charge in [0, 0.05) is 39.4 Å². The van der Waals surface area contributed by atoms with E-state index in [4.69, 9.17) is 9.47 Å². The third-order valence-corrected chi connectivity index (χ3v) is 4.36. The Balaban J connectivity index is 1.88. The number of nitrogens with zero attached hydrogens (tertiary/aromatic N) is 1. The van der Waals surface area contributed by atoms with E-state index >= 15 is 0 Å². The zero-order chi connectivity index (χ0) is 13.6. The second-order valence-corrected chi connectivity index (χ2v) is 6.21. The molecule has 0 saturated carbocycles. The molecule has 0 aromatic heterocycles. The fourth-order valence-corrected chi connectivity index (χ4v) is 3.23. The van der Waals surface area contributed by atoms with E-state index in [-0.39, 0.29) is 0 Å². The van der Waals surface area contributed by atoms with Gasteiger partial charge in [0.1, 0.15) is 0 Å². The van der Waals surface area contributed by atoms with E-state index in [0.717, 1.165) is 46.0 Å². The van der Waals surface area contributed by atoms with Crippen LogP contribution in [-0.2, 0) is 9.47 Å². The summed E-state index contributed by atoms with van der Waals surface area (Å²) in [4.78, 5) is 2.59. The number of hydrogen-bond donors (Lipinski definition) is 1. The summed E-state index contributed by atoms with van der Waals surface area (Å²) < 4.78 is 11.2. The molecule has 2 saturated heterocycles. The van der Waals surface area contributed by atoms with Crippen LogP contribution < -0.4 is 5.32 Å². The van der Waals surface area contributed by atoms with Gasteiger partial charge in [-0.05, 0) is 38.1 Å². The van der Waals surface area contributed by atoms with Crippen molar-refractivity contribution in [1.82, 2.24) is 10.2 Å². The molecule has 0 amide bonds. The Kier molecular flexibility index (Phi) is 6.07. The van der Waals surface area contributed by atoms with Gasteiger partial charge in [-0.2, -0.15) is 0 Å². The average molecular weight is 270 g/mol. The largest absolute Gasteiger partial charge is 0.381 e. The molecular weight excluding hydrogens is 240 g/mol. The molecular formula is C15H30N2O2. The fraction of sp³-hybridized carbons (Fsp3) is 1.00. The van der Waals surface area contributed by atoms with Crippen LogP contribution in [-0.4, -0.2) is 63.5 Å². The van der Waals surface area contributed by atoms with Crippen LogP contribution in [0.4, 0.5) is 0 Å². The third kappa shape index (κ3) is 4.71. The Hall–Kier alpha value is -0.160. The van der Waals surface area contributed by atoms with Crippen molar-refractivity contribution in [2.24, 2.45) is 5.41 Å². The van der Waals surface area contributed by atoms with Crippen molar-refractivity contribution in [2.45, 2.75) is 39.2 Å². The summed E-state index contributed by atoms with van der Waals surface area (Å²) in [6, 6.07) is 0. The van der Waals surface area contributed by atoms with E-state index in [9.17, 15) is 0 Å². The van der Waals surface area contributed by atoms with Gasteiger partial charge in [0.2, 0.25) is 0 Å². The first kappa shape index (κ1) is 15.2. The normalized spacial score (nSPS) is 28.4. The molecule has 1 unspecified atom stereocenters. The molecule has 19 heavy (non-hydrogen) atoms. The first-order valence-corrected chi connectivity index (χ1v) is 7.86. The maximum Gasteiger partial charge on any atom is 0.0674 e. The van der Waals surface area contributed by atoms with E-state index in [1.54, 1.807) is 0 Å². The molecule has 112 valence electrons. The van der Waals surface area contributed by atoms with Crippen LogP contribution in [0.25, 0.3) is 0 Å². The van der Waals surface area contributed by atoms with Crippen LogP contribution >= 0.6 is 0 Å². The molecule has 4 nitrogen and oxygen atoms in total. The number of morpholine rings is 1. The highest BCUT2D eigenvalue weighted by molar-refractivity contribution is 4.88. The minimum absolute atomic E-state index is 0.384. The minimum atomic E-state index is 0.384. The number of nitrogens with one attached hydrogen (secondary N) is 1.